The Hall–Kier alpha value is -6.62. The summed E-state index contributed by atoms with van der Waals surface area (Å²) in [4.78, 5) is 2.36. The van der Waals surface area contributed by atoms with Gasteiger partial charge in [0.15, 0.2) is 0 Å². The molecule has 11 aromatic rings. The molecule has 0 atom stereocenters. The van der Waals surface area contributed by atoms with Crippen LogP contribution in [0.25, 0.3) is 80.7 Å². The van der Waals surface area contributed by atoms with Gasteiger partial charge in [0.05, 0.1) is 11.0 Å². The first kappa shape index (κ1) is 29.1. The Morgan fingerprint density at radius 3 is 1.98 bits per heavy atom. The van der Waals surface area contributed by atoms with Gasteiger partial charge in [0.2, 0.25) is 0 Å². The van der Waals surface area contributed by atoms with Crippen LogP contribution in [-0.2, 0) is 0 Å². The zero-order chi connectivity index (χ0) is 34.2. The van der Waals surface area contributed by atoms with Gasteiger partial charge in [0, 0.05) is 64.5 Å². The zero-order valence-corrected chi connectivity index (χ0v) is 28.8. The topological polar surface area (TPSA) is 21.3 Å². The number of thiophene rings is 1. The molecule has 52 heavy (non-hydrogen) atoms. The van der Waals surface area contributed by atoms with Crippen LogP contribution < -0.4 is 4.90 Å². The van der Waals surface area contributed by atoms with Gasteiger partial charge < -0.3 is 13.9 Å². The molecule has 0 fully saturated rings. The summed E-state index contributed by atoms with van der Waals surface area (Å²) in [5.74, 6) is 0. The molecule has 3 nitrogen and oxygen atoms in total. The second kappa shape index (κ2) is 11.5. The Bertz CT molecular complexity index is 3130. The number of furan rings is 1. The van der Waals surface area contributed by atoms with E-state index in [9.17, 15) is 0 Å². The van der Waals surface area contributed by atoms with Gasteiger partial charge in [-0.3, -0.25) is 0 Å². The summed E-state index contributed by atoms with van der Waals surface area (Å²) in [6, 6.07) is 65.5. The van der Waals surface area contributed by atoms with Crippen molar-refractivity contribution >= 4 is 92.3 Å². The van der Waals surface area contributed by atoms with Crippen LogP contribution in [0.3, 0.4) is 0 Å². The molecule has 3 aromatic heterocycles. The number of para-hydroxylation sites is 3. The normalized spacial score (nSPS) is 11.8. The molecule has 4 heteroatoms. The quantitative estimate of drug-likeness (QED) is 0.180. The minimum absolute atomic E-state index is 0.897. The van der Waals surface area contributed by atoms with E-state index < -0.39 is 0 Å². The first-order valence-electron chi connectivity index (χ1n) is 17.6. The maximum absolute atomic E-state index is 6.20. The van der Waals surface area contributed by atoms with Crippen LogP contribution in [0.2, 0.25) is 0 Å². The molecule has 244 valence electrons. The molecule has 0 aliphatic heterocycles. The third-order valence-electron chi connectivity index (χ3n) is 10.4. The van der Waals surface area contributed by atoms with Gasteiger partial charge in [-0.1, -0.05) is 109 Å². The van der Waals surface area contributed by atoms with Crippen LogP contribution in [0, 0.1) is 0 Å². The van der Waals surface area contributed by atoms with Crippen molar-refractivity contribution in [3.63, 3.8) is 0 Å². The van der Waals surface area contributed by atoms with E-state index in [0.717, 1.165) is 50.2 Å². The highest BCUT2D eigenvalue weighted by Crippen LogP contribution is 2.43. The van der Waals surface area contributed by atoms with Gasteiger partial charge in [-0.25, -0.2) is 0 Å². The number of nitrogens with zero attached hydrogens (tertiary/aromatic N) is 2. The Balaban J connectivity index is 1.08. The largest absolute Gasteiger partial charge is 0.456 e. The molecule has 0 spiro atoms. The van der Waals surface area contributed by atoms with Crippen LogP contribution in [0.4, 0.5) is 17.1 Å². The van der Waals surface area contributed by atoms with Gasteiger partial charge >= 0.3 is 0 Å². The van der Waals surface area contributed by atoms with Crippen molar-refractivity contribution in [2.24, 2.45) is 0 Å². The van der Waals surface area contributed by atoms with Crippen LogP contribution in [0.15, 0.2) is 186 Å². The molecule has 0 saturated carbocycles. The average molecular weight is 683 g/mol. The summed E-state index contributed by atoms with van der Waals surface area (Å²) in [5.41, 5.74) is 11.0. The fraction of sp³-hybridized carbons (Fsp3) is 0. The fourth-order valence-corrected chi connectivity index (χ4v) is 9.26. The smallest absolute Gasteiger partial charge is 0.135 e. The number of anilines is 3. The summed E-state index contributed by atoms with van der Waals surface area (Å²) in [6.07, 6.45) is 0. The Morgan fingerprint density at radius 1 is 0.423 bits per heavy atom. The molecule has 0 saturated heterocycles. The summed E-state index contributed by atoms with van der Waals surface area (Å²) < 4.78 is 11.3. The molecular weight excluding hydrogens is 653 g/mol. The lowest BCUT2D eigenvalue weighted by molar-refractivity contribution is 0.669. The van der Waals surface area contributed by atoms with E-state index in [-0.39, 0.29) is 0 Å². The first-order chi connectivity index (χ1) is 25.8. The van der Waals surface area contributed by atoms with Crippen molar-refractivity contribution in [3.8, 4) is 16.8 Å². The molecule has 0 N–H and O–H groups in total. The van der Waals surface area contributed by atoms with E-state index in [1.165, 1.54) is 47.6 Å². The molecule has 3 heterocycles. The Labute approximate surface area is 303 Å². The van der Waals surface area contributed by atoms with Crippen molar-refractivity contribution in [1.29, 1.82) is 0 Å². The molecule has 0 amide bonds. The summed E-state index contributed by atoms with van der Waals surface area (Å²) in [7, 11) is 0. The van der Waals surface area contributed by atoms with Gasteiger partial charge in [-0.05, 0) is 83.9 Å². The molecule has 8 aromatic carbocycles. The second-order valence-corrected chi connectivity index (χ2v) is 14.4. The maximum Gasteiger partial charge on any atom is 0.135 e. The highest BCUT2D eigenvalue weighted by atomic mass is 32.1. The van der Waals surface area contributed by atoms with Crippen molar-refractivity contribution in [3.05, 3.63) is 182 Å². The summed E-state index contributed by atoms with van der Waals surface area (Å²) in [5, 5.41) is 7.33. The van der Waals surface area contributed by atoms with Gasteiger partial charge in [-0.2, -0.15) is 0 Å². The Kier molecular flexibility index (Phi) is 6.42. The number of rotatable bonds is 5. The van der Waals surface area contributed by atoms with Gasteiger partial charge in [-0.15, -0.1) is 11.3 Å². The molecule has 0 bridgehead atoms. The SMILES string of the molecule is c1ccc(N(c2ccc(-c3cccc4c3sc3ccccc34)cc2)c2ccc3c4ccccc4n(-c4ccc5oc6ccccc6c5c4)c3c2)cc1. The fourth-order valence-electron chi connectivity index (χ4n) is 8.02. The predicted molar refractivity (Wildman–Crippen MR) is 221 cm³/mol. The molecule has 0 aliphatic carbocycles. The molecular formula is C48H30N2OS. The number of hydrogen-bond acceptors (Lipinski definition) is 3. The number of aromatic nitrogens is 1. The number of benzene rings is 8. The summed E-state index contributed by atoms with van der Waals surface area (Å²) in [6.45, 7) is 0. The average Bonchev–Trinajstić information content (AvgIpc) is 3.88. The van der Waals surface area contributed by atoms with Gasteiger partial charge in [0.25, 0.3) is 0 Å². The Morgan fingerprint density at radius 2 is 1.10 bits per heavy atom. The van der Waals surface area contributed by atoms with Crippen LogP contribution in [0.1, 0.15) is 0 Å². The third-order valence-corrected chi connectivity index (χ3v) is 11.6. The van der Waals surface area contributed by atoms with Crippen molar-refractivity contribution in [2.45, 2.75) is 0 Å². The van der Waals surface area contributed by atoms with E-state index >= 15 is 0 Å². The van der Waals surface area contributed by atoms with Crippen LogP contribution in [0.5, 0.6) is 0 Å². The van der Waals surface area contributed by atoms with Crippen molar-refractivity contribution < 1.29 is 4.42 Å². The van der Waals surface area contributed by atoms with Crippen LogP contribution in [-0.4, -0.2) is 4.57 Å². The number of fused-ring (bicyclic) bond motifs is 9. The second-order valence-electron chi connectivity index (χ2n) is 13.3. The highest BCUT2D eigenvalue weighted by Gasteiger charge is 2.19. The lowest BCUT2D eigenvalue weighted by Gasteiger charge is -2.26. The van der Waals surface area contributed by atoms with E-state index in [4.69, 9.17) is 4.42 Å². The minimum Gasteiger partial charge on any atom is -0.456 e. The number of hydrogen-bond donors (Lipinski definition) is 0. The molecule has 0 radical (unpaired) electrons. The van der Waals surface area contributed by atoms with E-state index in [1.54, 1.807) is 0 Å². The molecule has 11 rings (SSSR count). The lowest BCUT2D eigenvalue weighted by atomic mass is 10.0. The first-order valence-corrected chi connectivity index (χ1v) is 18.4. The summed E-state index contributed by atoms with van der Waals surface area (Å²) >= 11 is 1.87. The predicted octanol–water partition coefficient (Wildman–Crippen LogP) is 14.2. The lowest BCUT2D eigenvalue weighted by Crippen LogP contribution is -2.10. The van der Waals surface area contributed by atoms with Crippen molar-refractivity contribution in [2.75, 3.05) is 4.90 Å². The standard InChI is InChI=1S/C48H30N2OS/c1-2-11-32(12-3-1)49(33-23-21-31(22-24-33)36-16-10-17-41-40-15-6-9-20-47(40)52-48(36)41)35-25-27-38-37-13-4-7-18-43(37)50(44(38)30-35)34-26-28-46-42(29-34)39-14-5-8-19-45(39)51-46/h1-30H. The molecule has 0 unspecified atom stereocenters. The monoisotopic (exact) mass is 682 g/mol. The van der Waals surface area contributed by atoms with Crippen LogP contribution >= 0.6 is 11.3 Å². The third kappa shape index (κ3) is 4.45. The van der Waals surface area contributed by atoms with E-state index in [0.29, 0.717) is 0 Å². The van der Waals surface area contributed by atoms with E-state index in [1.807, 2.05) is 23.5 Å². The van der Waals surface area contributed by atoms with E-state index in [2.05, 4.69) is 179 Å². The highest BCUT2D eigenvalue weighted by molar-refractivity contribution is 7.26. The molecule has 0 aliphatic rings. The zero-order valence-electron chi connectivity index (χ0n) is 28.0. The van der Waals surface area contributed by atoms with Crippen molar-refractivity contribution in [1.82, 2.24) is 4.57 Å². The van der Waals surface area contributed by atoms with Gasteiger partial charge in [0.1, 0.15) is 11.2 Å². The maximum atomic E-state index is 6.20. The minimum atomic E-state index is 0.897.